The predicted molar refractivity (Wildman–Crippen MR) is 67.1 cm³/mol. The first kappa shape index (κ1) is 12.5. The molecule has 1 N–H and O–H groups in total. The molecule has 96 valence electrons. The van der Waals surface area contributed by atoms with Crippen molar-refractivity contribution in [1.82, 2.24) is 0 Å². The van der Waals surface area contributed by atoms with Gasteiger partial charge in [-0.05, 0) is 36.8 Å². The van der Waals surface area contributed by atoms with E-state index in [1.165, 1.54) is 0 Å². The molecule has 2 rings (SSSR count). The van der Waals surface area contributed by atoms with Crippen LogP contribution in [-0.2, 0) is 0 Å². The second-order valence-corrected chi connectivity index (χ2v) is 3.97. The molecule has 1 heterocycles. The molecule has 0 saturated carbocycles. The van der Waals surface area contributed by atoms with Gasteiger partial charge in [-0.25, -0.2) is 0 Å². The van der Waals surface area contributed by atoms with Crippen LogP contribution in [0.25, 0.3) is 0 Å². The van der Waals surface area contributed by atoms with Gasteiger partial charge in [0.2, 0.25) is 0 Å². The second-order valence-electron chi connectivity index (χ2n) is 3.97. The Balaban J connectivity index is 2.33. The first-order chi connectivity index (χ1) is 8.65. The molecular formula is C14H16O4. The number of rotatable bonds is 4. The molecule has 1 unspecified atom stereocenters. The molecule has 0 amide bonds. The molecular weight excluding hydrogens is 232 g/mol. The number of ether oxygens (including phenoxy) is 2. The third-order valence-corrected chi connectivity index (χ3v) is 2.75. The maximum absolute atomic E-state index is 10.2. The first-order valence-corrected chi connectivity index (χ1v) is 5.62. The minimum Gasteiger partial charge on any atom is -0.493 e. The van der Waals surface area contributed by atoms with Gasteiger partial charge in [-0.3, -0.25) is 0 Å². The average molecular weight is 248 g/mol. The number of aliphatic hydroxyl groups excluding tert-OH is 1. The summed E-state index contributed by atoms with van der Waals surface area (Å²) in [6.45, 7) is 1.84. The molecule has 0 bridgehead atoms. The molecule has 4 nitrogen and oxygen atoms in total. The van der Waals surface area contributed by atoms with Crippen LogP contribution in [0.3, 0.4) is 0 Å². The molecule has 0 aliphatic carbocycles. The van der Waals surface area contributed by atoms with Gasteiger partial charge >= 0.3 is 0 Å². The van der Waals surface area contributed by atoms with E-state index < -0.39 is 6.10 Å². The van der Waals surface area contributed by atoms with Crippen LogP contribution in [0.2, 0.25) is 0 Å². The van der Waals surface area contributed by atoms with Crippen molar-refractivity contribution >= 4 is 0 Å². The lowest BCUT2D eigenvalue weighted by Gasteiger charge is -2.12. The van der Waals surface area contributed by atoms with Crippen molar-refractivity contribution in [2.45, 2.75) is 13.0 Å². The Morgan fingerprint density at radius 1 is 1.06 bits per heavy atom. The fraction of sp³-hybridized carbons (Fsp3) is 0.286. The Kier molecular flexibility index (Phi) is 3.58. The lowest BCUT2D eigenvalue weighted by atomic mass is 10.1. The highest BCUT2D eigenvalue weighted by Gasteiger charge is 2.16. The van der Waals surface area contributed by atoms with Crippen molar-refractivity contribution in [2.24, 2.45) is 0 Å². The summed E-state index contributed by atoms with van der Waals surface area (Å²) in [5, 5.41) is 10.2. The molecule has 0 saturated heterocycles. The van der Waals surface area contributed by atoms with E-state index in [1.54, 1.807) is 38.5 Å². The van der Waals surface area contributed by atoms with Crippen molar-refractivity contribution in [1.29, 1.82) is 0 Å². The molecule has 0 aliphatic heterocycles. The van der Waals surface area contributed by atoms with Gasteiger partial charge in [0.25, 0.3) is 0 Å². The molecule has 1 aromatic heterocycles. The highest BCUT2D eigenvalue weighted by Crippen LogP contribution is 2.32. The van der Waals surface area contributed by atoms with E-state index in [1.807, 2.05) is 13.0 Å². The number of benzene rings is 1. The maximum atomic E-state index is 10.2. The van der Waals surface area contributed by atoms with Crippen LogP contribution >= 0.6 is 0 Å². The van der Waals surface area contributed by atoms with Crippen molar-refractivity contribution in [3.63, 3.8) is 0 Å². The van der Waals surface area contributed by atoms with E-state index in [9.17, 15) is 5.11 Å². The van der Waals surface area contributed by atoms with E-state index >= 15 is 0 Å². The molecule has 0 spiro atoms. The van der Waals surface area contributed by atoms with Crippen LogP contribution in [0.4, 0.5) is 0 Å². The summed E-state index contributed by atoms with van der Waals surface area (Å²) >= 11 is 0. The minimum absolute atomic E-state index is 0.514. The van der Waals surface area contributed by atoms with Gasteiger partial charge in [0.05, 0.1) is 14.2 Å². The number of hydrogen-bond donors (Lipinski definition) is 1. The summed E-state index contributed by atoms with van der Waals surface area (Å²) in [6, 6.07) is 8.86. The normalized spacial score (nSPS) is 12.2. The molecule has 2 aromatic rings. The highest BCUT2D eigenvalue weighted by atomic mass is 16.5. The number of hydrogen-bond acceptors (Lipinski definition) is 4. The van der Waals surface area contributed by atoms with Crippen LogP contribution < -0.4 is 9.47 Å². The number of aliphatic hydroxyl groups is 1. The summed E-state index contributed by atoms with van der Waals surface area (Å²) in [5.74, 6) is 2.49. The topological polar surface area (TPSA) is 51.8 Å². The minimum atomic E-state index is -0.807. The van der Waals surface area contributed by atoms with Gasteiger partial charge in [0, 0.05) is 0 Å². The van der Waals surface area contributed by atoms with E-state index in [0.717, 1.165) is 5.76 Å². The van der Waals surface area contributed by atoms with E-state index in [2.05, 4.69) is 0 Å². The van der Waals surface area contributed by atoms with E-state index in [4.69, 9.17) is 13.9 Å². The summed E-state index contributed by atoms with van der Waals surface area (Å²) < 4.78 is 15.8. The van der Waals surface area contributed by atoms with Crippen LogP contribution in [0.15, 0.2) is 34.7 Å². The molecule has 0 fully saturated rings. The Bertz CT molecular complexity index is 530. The molecule has 1 atom stereocenters. The fourth-order valence-corrected chi connectivity index (χ4v) is 1.79. The molecule has 0 radical (unpaired) electrons. The summed E-state index contributed by atoms with van der Waals surface area (Å²) in [6.07, 6.45) is -0.807. The van der Waals surface area contributed by atoms with Gasteiger partial charge in [-0.15, -0.1) is 0 Å². The van der Waals surface area contributed by atoms with Crippen LogP contribution in [0.1, 0.15) is 23.2 Å². The lowest BCUT2D eigenvalue weighted by Crippen LogP contribution is -1.99. The zero-order valence-electron chi connectivity index (χ0n) is 10.6. The number of aryl methyl sites for hydroxylation is 1. The Hall–Kier alpha value is -1.94. The molecule has 18 heavy (non-hydrogen) atoms. The number of furan rings is 1. The molecule has 0 aliphatic rings. The summed E-state index contributed by atoms with van der Waals surface area (Å²) in [4.78, 5) is 0. The second kappa shape index (κ2) is 5.14. The maximum Gasteiger partial charge on any atom is 0.161 e. The van der Waals surface area contributed by atoms with Gasteiger partial charge in [-0.2, -0.15) is 0 Å². The summed E-state index contributed by atoms with van der Waals surface area (Å²) in [7, 11) is 3.13. The average Bonchev–Trinajstić information content (AvgIpc) is 2.83. The van der Waals surface area contributed by atoms with Crippen LogP contribution in [0, 0.1) is 6.92 Å². The number of methoxy groups -OCH3 is 2. The van der Waals surface area contributed by atoms with E-state index in [0.29, 0.717) is 22.8 Å². The van der Waals surface area contributed by atoms with Crippen LogP contribution in [-0.4, -0.2) is 19.3 Å². The Labute approximate surface area is 106 Å². The van der Waals surface area contributed by atoms with Gasteiger partial charge < -0.3 is 19.0 Å². The zero-order valence-corrected chi connectivity index (χ0v) is 10.6. The van der Waals surface area contributed by atoms with Gasteiger partial charge in [-0.1, -0.05) is 6.07 Å². The van der Waals surface area contributed by atoms with Gasteiger partial charge in [0.1, 0.15) is 17.6 Å². The SMILES string of the molecule is COc1ccc(C(O)c2ccc(C)o2)cc1OC. The van der Waals surface area contributed by atoms with Crippen LogP contribution in [0.5, 0.6) is 11.5 Å². The van der Waals surface area contributed by atoms with Crippen molar-refractivity contribution in [3.8, 4) is 11.5 Å². The largest absolute Gasteiger partial charge is 0.493 e. The highest BCUT2D eigenvalue weighted by molar-refractivity contribution is 5.44. The van der Waals surface area contributed by atoms with E-state index in [-0.39, 0.29) is 0 Å². The summed E-state index contributed by atoms with van der Waals surface area (Å²) in [5.41, 5.74) is 0.696. The lowest BCUT2D eigenvalue weighted by molar-refractivity contribution is 0.187. The monoisotopic (exact) mass is 248 g/mol. The van der Waals surface area contributed by atoms with Gasteiger partial charge in [0.15, 0.2) is 11.5 Å². The predicted octanol–water partition coefficient (Wildman–Crippen LogP) is 2.69. The molecule has 1 aromatic carbocycles. The quantitative estimate of drug-likeness (QED) is 0.903. The fourth-order valence-electron chi connectivity index (χ4n) is 1.79. The third-order valence-electron chi connectivity index (χ3n) is 2.75. The van der Waals surface area contributed by atoms with Crippen molar-refractivity contribution < 1.29 is 19.0 Å². The first-order valence-electron chi connectivity index (χ1n) is 5.62. The third kappa shape index (κ3) is 2.33. The zero-order chi connectivity index (χ0) is 13.1. The Morgan fingerprint density at radius 3 is 2.33 bits per heavy atom. The van der Waals surface area contributed by atoms with Crippen molar-refractivity contribution in [3.05, 3.63) is 47.4 Å². The molecule has 4 heteroatoms. The standard InChI is InChI=1S/C14H16O4/c1-9-4-6-12(18-9)14(15)10-5-7-11(16-2)13(8-10)17-3/h4-8,14-15H,1-3H3. The smallest absolute Gasteiger partial charge is 0.161 e. The Morgan fingerprint density at radius 2 is 1.78 bits per heavy atom. The van der Waals surface area contributed by atoms with Crippen molar-refractivity contribution in [2.75, 3.05) is 14.2 Å².